The molecule has 14 heteroatoms. The number of hydrogen-bond donors (Lipinski definition) is 0. The Morgan fingerprint density at radius 2 is 1.38 bits per heavy atom. The van der Waals surface area contributed by atoms with Gasteiger partial charge in [-0.1, -0.05) is 0 Å². The lowest BCUT2D eigenvalue weighted by Crippen LogP contribution is -2.49. The first-order chi connectivity index (χ1) is 17.3. The molecule has 1 aliphatic rings. The summed E-state index contributed by atoms with van der Waals surface area (Å²) in [6.07, 6.45) is -8.96. The molecule has 2 aromatic carbocycles. The molecule has 2 heterocycles. The third-order valence-corrected chi connectivity index (χ3v) is 7.68. The highest BCUT2D eigenvalue weighted by Crippen LogP contribution is 2.38. The summed E-state index contributed by atoms with van der Waals surface area (Å²) in [7, 11) is -3.09. The highest BCUT2D eigenvalue weighted by molar-refractivity contribution is 7.89. The first kappa shape index (κ1) is 26.7. The van der Waals surface area contributed by atoms with Crippen molar-refractivity contribution in [1.82, 2.24) is 14.3 Å². The van der Waals surface area contributed by atoms with Crippen LogP contribution in [0.25, 0.3) is 11.3 Å². The minimum absolute atomic E-state index is 0.105. The largest absolute Gasteiger partial charge is 0.497 e. The lowest BCUT2D eigenvalue weighted by Gasteiger charge is -2.34. The Kier molecular flexibility index (Phi) is 7.08. The number of ether oxygens (including phenoxy) is 1. The lowest BCUT2D eigenvalue weighted by molar-refractivity contribution is -0.143. The summed E-state index contributed by atoms with van der Waals surface area (Å²) < 4.78 is 111. The lowest BCUT2D eigenvalue weighted by atomic mass is 10.1. The standard InChI is InChI=1S/C23H20F6N4O3S/c1-36-18-4-2-15(3-5-18)20-13-21(31-14-30-20)32-6-8-33(9-7-32)37(34,35)19-11-16(22(24,25)26)10-17(12-19)23(27,28)29/h2-5,10-14H,6-9H2,1H3. The van der Waals surface area contributed by atoms with Gasteiger partial charge in [0.1, 0.15) is 17.9 Å². The average Bonchev–Trinajstić information content (AvgIpc) is 2.87. The highest BCUT2D eigenvalue weighted by Gasteiger charge is 2.39. The van der Waals surface area contributed by atoms with Gasteiger partial charge in [-0.05, 0) is 42.5 Å². The SMILES string of the molecule is COc1ccc(-c2cc(N3CCN(S(=O)(=O)c4cc(C(F)(F)F)cc(C(F)(F)F)c4)CC3)ncn2)cc1. The second-order valence-electron chi connectivity index (χ2n) is 8.12. The predicted molar refractivity (Wildman–Crippen MR) is 121 cm³/mol. The summed E-state index contributed by atoms with van der Waals surface area (Å²) in [6.45, 7) is -0.101. The zero-order chi connectivity index (χ0) is 27.0. The molecule has 0 radical (unpaired) electrons. The maximum absolute atomic E-state index is 13.2. The van der Waals surface area contributed by atoms with Crippen LogP contribution in [0, 0.1) is 0 Å². The van der Waals surface area contributed by atoms with Crippen molar-refractivity contribution >= 4 is 15.8 Å². The number of aromatic nitrogens is 2. The fourth-order valence-electron chi connectivity index (χ4n) is 3.82. The van der Waals surface area contributed by atoms with Crippen molar-refractivity contribution in [2.24, 2.45) is 0 Å². The summed E-state index contributed by atoms with van der Waals surface area (Å²) in [5, 5.41) is 0. The van der Waals surface area contributed by atoms with Crippen molar-refractivity contribution in [2.75, 3.05) is 38.2 Å². The maximum Gasteiger partial charge on any atom is 0.416 e. The second kappa shape index (κ2) is 9.82. The van der Waals surface area contributed by atoms with E-state index in [4.69, 9.17) is 4.74 Å². The van der Waals surface area contributed by atoms with Crippen LogP contribution in [0.3, 0.4) is 0 Å². The van der Waals surface area contributed by atoms with Gasteiger partial charge >= 0.3 is 12.4 Å². The summed E-state index contributed by atoms with van der Waals surface area (Å²) in [5.41, 5.74) is -1.99. The third-order valence-electron chi connectivity index (χ3n) is 5.80. The van der Waals surface area contributed by atoms with Crippen LogP contribution in [-0.2, 0) is 22.4 Å². The molecule has 0 aliphatic carbocycles. The van der Waals surface area contributed by atoms with Crippen LogP contribution in [-0.4, -0.2) is 56.0 Å². The molecule has 0 bridgehead atoms. The molecule has 1 fully saturated rings. The quantitative estimate of drug-likeness (QED) is 0.432. The van der Waals surface area contributed by atoms with E-state index in [9.17, 15) is 34.8 Å². The van der Waals surface area contributed by atoms with Gasteiger partial charge in [-0.2, -0.15) is 30.6 Å². The molecule has 0 unspecified atom stereocenters. The molecular weight excluding hydrogens is 526 g/mol. The molecule has 3 aromatic rings. The van der Waals surface area contributed by atoms with Gasteiger partial charge in [0.2, 0.25) is 10.0 Å². The van der Waals surface area contributed by atoms with Gasteiger partial charge in [-0.3, -0.25) is 0 Å². The van der Waals surface area contributed by atoms with Gasteiger partial charge in [0.05, 0.1) is 28.8 Å². The van der Waals surface area contributed by atoms with Crippen LogP contribution in [0.5, 0.6) is 5.75 Å². The monoisotopic (exact) mass is 546 g/mol. The smallest absolute Gasteiger partial charge is 0.416 e. The van der Waals surface area contributed by atoms with E-state index < -0.39 is 38.4 Å². The van der Waals surface area contributed by atoms with E-state index in [1.807, 2.05) is 0 Å². The maximum atomic E-state index is 13.2. The number of benzene rings is 2. The van der Waals surface area contributed by atoms with E-state index in [2.05, 4.69) is 9.97 Å². The van der Waals surface area contributed by atoms with Gasteiger partial charge in [0.15, 0.2) is 0 Å². The molecule has 198 valence electrons. The molecule has 0 amide bonds. The molecule has 0 atom stereocenters. The van der Waals surface area contributed by atoms with Crippen LogP contribution in [0.1, 0.15) is 11.1 Å². The number of anilines is 1. The Bertz CT molecular complexity index is 1340. The van der Waals surface area contributed by atoms with E-state index in [1.165, 1.54) is 6.33 Å². The van der Waals surface area contributed by atoms with Gasteiger partial charge in [-0.15, -0.1) is 0 Å². The first-order valence-electron chi connectivity index (χ1n) is 10.8. The fraction of sp³-hybridized carbons (Fsp3) is 0.304. The van der Waals surface area contributed by atoms with Gasteiger partial charge in [0.25, 0.3) is 0 Å². The van der Waals surface area contributed by atoms with E-state index in [-0.39, 0.29) is 44.4 Å². The van der Waals surface area contributed by atoms with E-state index >= 15 is 0 Å². The minimum atomic E-state index is -5.15. The summed E-state index contributed by atoms with van der Waals surface area (Å²) >= 11 is 0. The number of piperazine rings is 1. The van der Waals surface area contributed by atoms with Crippen LogP contribution >= 0.6 is 0 Å². The first-order valence-corrected chi connectivity index (χ1v) is 12.2. The van der Waals surface area contributed by atoms with Crippen LogP contribution < -0.4 is 9.64 Å². The number of halogens is 6. The minimum Gasteiger partial charge on any atom is -0.497 e. The van der Waals surface area contributed by atoms with Crippen molar-refractivity contribution in [3.8, 4) is 17.0 Å². The Morgan fingerprint density at radius 3 is 1.89 bits per heavy atom. The number of methoxy groups -OCH3 is 1. The molecule has 0 N–H and O–H groups in total. The highest BCUT2D eigenvalue weighted by atomic mass is 32.2. The number of hydrogen-bond acceptors (Lipinski definition) is 6. The summed E-state index contributed by atoms with van der Waals surface area (Å²) in [6, 6.07) is 9.18. The summed E-state index contributed by atoms with van der Waals surface area (Å²) in [5.74, 6) is 1.16. The molecule has 4 rings (SSSR count). The molecule has 0 spiro atoms. The zero-order valence-corrected chi connectivity index (χ0v) is 20.0. The molecular formula is C23H20F6N4O3S. The van der Waals surface area contributed by atoms with Crippen molar-refractivity contribution in [3.05, 3.63) is 66.0 Å². The van der Waals surface area contributed by atoms with Crippen LogP contribution in [0.15, 0.2) is 59.8 Å². The van der Waals surface area contributed by atoms with Crippen LogP contribution in [0.4, 0.5) is 32.2 Å². The normalized spacial score (nSPS) is 15.6. The van der Waals surface area contributed by atoms with Crippen molar-refractivity contribution < 1.29 is 39.5 Å². The van der Waals surface area contributed by atoms with Gasteiger partial charge in [0, 0.05) is 37.8 Å². The van der Waals surface area contributed by atoms with Crippen molar-refractivity contribution in [3.63, 3.8) is 0 Å². The molecule has 1 saturated heterocycles. The number of nitrogens with zero attached hydrogens (tertiary/aromatic N) is 4. The number of rotatable bonds is 5. The Labute approximate surface area is 208 Å². The Hall–Kier alpha value is -3.39. The van der Waals surface area contributed by atoms with Gasteiger partial charge < -0.3 is 9.64 Å². The molecule has 37 heavy (non-hydrogen) atoms. The van der Waals surface area contributed by atoms with E-state index in [0.29, 0.717) is 17.3 Å². The van der Waals surface area contributed by atoms with Crippen LogP contribution in [0.2, 0.25) is 0 Å². The average molecular weight is 546 g/mol. The molecule has 1 aromatic heterocycles. The van der Waals surface area contributed by atoms with Crippen molar-refractivity contribution in [2.45, 2.75) is 17.2 Å². The summed E-state index contributed by atoms with van der Waals surface area (Å²) in [4.78, 5) is 9.15. The third kappa shape index (κ3) is 5.80. The van der Waals surface area contributed by atoms with Crippen molar-refractivity contribution in [1.29, 1.82) is 0 Å². The Balaban J connectivity index is 1.54. The number of sulfonamides is 1. The predicted octanol–water partition coefficient (Wildman–Crippen LogP) is 4.70. The second-order valence-corrected chi connectivity index (χ2v) is 10.1. The topological polar surface area (TPSA) is 75.6 Å². The number of alkyl halides is 6. The van der Waals surface area contributed by atoms with E-state index in [0.717, 1.165) is 9.87 Å². The molecule has 0 saturated carbocycles. The fourth-order valence-corrected chi connectivity index (χ4v) is 5.32. The molecule has 7 nitrogen and oxygen atoms in total. The zero-order valence-electron chi connectivity index (χ0n) is 19.2. The molecule has 1 aliphatic heterocycles. The van der Waals surface area contributed by atoms with Gasteiger partial charge in [-0.25, -0.2) is 18.4 Å². The van der Waals surface area contributed by atoms with E-state index in [1.54, 1.807) is 42.3 Å². The Morgan fingerprint density at radius 1 is 0.811 bits per heavy atom.